The van der Waals surface area contributed by atoms with Crippen molar-refractivity contribution in [2.24, 2.45) is 11.8 Å². The van der Waals surface area contributed by atoms with Crippen molar-refractivity contribution in [2.45, 2.75) is 25.9 Å². The third-order valence-electron chi connectivity index (χ3n) is 3.52. The van der Waals surface area contributed by atoms with Crippen molar-refractivity contribution in [3.8, 4) is 5.75 Å². The van der Waals surface area contributed by atoms with Gasteiger partial charge in [-0.25, -0.2) is 0 Å². The molecule has 114 valence electrons. The van der Waals surface area contributed by atoms with Crippen LogP contribution in [0.3, 0.4) is 0 Å². The largest absolute Gasteiger partial charge is 0.481 e. The second-order valence-electron chi connectivity index (χ2n) is 4.87. The number of rotatable bonds is 5. The Morgan fingerprint density at radius 1 is 1.19 bits per heavy atom. The lowest BCUT2D eigenvalue weighted by atomic mass is 9.95. The fourth-order valence-corrected chi connectivity index (χ4v) is 2.52. The molecule has 1 fully saturated rings. The molecule has 21 heavy (non-hydrogen) atoms. The quantitative estimate of drug-likeness (QED) is 0.876. The summed E-state index contributed by atoms with van der Waals surface area (Å²) in [4.78, 5) is 23.1. The number of halogens is 2. The number of carbonyl (C=O) groups excluding carboxylic acids is 1. The fourth-order valence-electron chi connectivity index (χ4n) is 2.52. The summed E-state index contributed by atoms with van der Waals surface area (Å²) in [7, 11) is 0. The molecule has 1 saturated carbocycles. The first-order valence-corrected chi connectivity index (χ1v) is 6.56. The van der Waals surface area contributed by atoms with E-state index in [1.807, 2.05) is 0 Å². The van der Waals surface area contributed by atoms with Gasteiger partial charge in [0.1, 0.15) is 5.75 Å². The van der Waals surface area contributed by atoms with E-state index in [9.17, 15) is 18.4 Å². The molecule has 0 aliphatic heterocycles. The van der Waals surface area contributed by atoms with Crippen LogP contribution >= 0.6 is 0 Å². The molecule has 2 atom stereocenters. The highest BCUT2D eigenvalue weighted by atomic mass is 19.3. The van der Waals surface area contributed by atoms with Gasteiger partial charge in [0.25, 0.3) is 0 Å². The van der Waals surface area contributed by atoms with E-state index >= 15 is 0 Å². The summed E-state index contributed by atoms with van der Waals surface area (Å²) in [6.45, 7) is -2.90. The Bertz CT molecular complexity index is 518. The van der Waals surface area contributed by atoms with Crippen LogP contribution in [0.5, 0.6) is 5.75 Å². The minimum Gasteiger partial charge on any atom is -0.481 e. The van der Waals surface area contributed by atoms with Crippen molar-refractivity contribution in [1.82, 2.24) is 0 Å². The number of hydrogen-bond acceptors (Lipinski definition) is 3. The molecule has 1 aliphatic carbocycles. The predicted molar refractivity (Wildman–Crippen MR) is 70.2 cm³/mol. The zero-order valence-electron chi connectivity index (χ0n) is 11.1. The number of benzene rings is 1. The number of carboxylic acids is 1. The molecule has 2 rings (SSSR count). The third kappa shape index (κ3) is 3.90. The number of hydrogen-bond donors (Lipinski definition) is 2. The Hall–Kier alpha value is -2.18. The van der Waals surface area contributed by atoms with Gasteiger partial charge in [0.05, 0.1) is 11.8 Å². The number of amides is 1. The molecule has 1 amide bonds. The molecule has 1 aromatic rings. The van der Waals surface area contributed by atoms with Crippen molar-refractivity contribution in [2.75, 3.05) is 5.32 Å². The number of alkyl halides is 2. The van der Waals surface area contributed by atoms with Crippen LogP contribution < -0.4 is 10.1 Å². The highest BCUT2D eigenvalue weighted by molar-refractivity contribution is 5.95. The number of anilines is 1. The van der Waals surface area contributed by atoms with Crippen LogP contribution in [-0.4, -0.2) is 23.6 Å². The molecule has 5 nitrogen and oxygen atoms in total. The van der Waals surface area contributed by atoms with Crippen LogP contribution in [0.2, 0.25) is 0 Å². The van der Waals surface area contributed by atoms with E-state index in [4.69, 9.17) is 5.11 Å². The Balaban J connectivity index is 1.97. The predicted octanol–water partition coefficient (Wildman–Crippen LogP) is 2.73. The molecule has 7 heteroatoms. The standard InChI is InChI=1S/C14H15F2NO4/c15-14(16)21-9-6-4-8(5-7-9)17-12(18)10-2-1-3-11(10)13(19)20/h4-7,10-11,14H,1-3H2,(H,17,18)(H,19,20). The molecule has 0 heterocycles. The number of carbonyl (C=O) groups is 2. The van der Waals surface area contributed by atoms with E-state index < -0.39 is 24.4 Å². The first-order valence-electron chi connectivity index (χ1n) is 6.56. The van der Waals surface area contributed by atoms with Gasteiger partial charge < -0.3 is 15.2 Å². The van der Waals surface area contributed by atoms with Crippen molar-refractivity contribution in [3.05, 3.63) is 24.3 Å². The lowest BCUT2D eigenvalue weighted by Gasteiger charge is -2.15. The lowest BCUT2D eigenvalue weighted by Crippen LogP contribution is -2.29. The van der Waals surface area contributed by atoms with E-state index in [0.29, 0.717) is 24.9 Å². The molecule has 1 aromatic carbocycles. The first kappa shape index (κ1) is 15.2. The van der Waals surface area contributed by atoms with Crippen molar-refractivity contribution >= 4 is 17.6 Å². The average molecular weight is 299 g/mol. The van der Waals surface area contributed by atoms with Gasteiger partial charge in [0.2, 0.25) is 5.91 Å². The van der Waals surface area contributed by atoms with Crippen LogP contribution in [0.25, 0.3) is 0 Å². The van der Waals surface area contributed by atoms with E-state index in [1.165, 1.54) is 24.3 Å². The monoisotopic (exact) mass is 299 g/mol. The Labute approximate surface area is 119 Å². The van der Waals surface area contributed by atoms with Gasteiger partial charge in [-0.05, 0) is 37.1 Å². The molecule has 2 unspecified atom stereocenters. The molecule has 0 radical (unpaired) electrons. The van der Waals surface area contributed by atoms with Crippen molar-refractivity contribution < 1.29 is 28.2 Å². The SMILES string of the molecule is O=C(O)C1CCCC1C(=O)Nc1ccc(OC(F)F)cc1. The zero-order chi connectivity index (χ0) is 15.4. The van der Waals surface area contributed by atoms with Gasteiger partial charge in [0.15, 0.2) is 0 Å². The molecule has 0 saturated heterocycles. The van der Waals surface area contributed by atoms with Crippen LogP contribution in [0.1, 0.15) is 19.3 Å². The first-order chi connectivity index (χ1) is 9.97. The van der Waals surface area contributed by atoms with Gasteiger partial charge in [-0.1, -0.05) is 6.42 Å². The molecular weight excluding hydrogens is 284 g/mol. The van der Waals surface area contributed by atoms with Gasteiger partial charge in [-0.15, -0.1) is 0 Å². The minimum atomic E-state index is -2.90. The Morgan fingerprint density at radius 3 is 2.38 bits per heavy atom. The van der Waals surface area contributed by atoms with Gasteiger partial charge in [0, 0.05) is 5.69 Å². The number of aliphatic carboxylic acids is 1. The average Bonchev–Trinajstić information content (AvgIpc) is 2.90. The van der Waals surface area contributed by atoms with Crippen LogP contribution in [-0.2, 0) is 9.59 Å². The van der Waals surface area contributed by atoms with Crippen molar-refractivity contribution in [3.63, 3.8) is 0 Å². The molecule has 0 bridgehead atoms. The Kier molecular flexibility index (Phi) is 4.72. The summed E-state index contributed by atoms with van der Waals surface area (Å²) in [5.41, 5.74) is 0.414. The van der Waals surface area contributed by atoms with Crippen LogP contribution in [0.4, 0.5) is 14.5 Å². The van der Waals surface area contributed by atoms with Crippen LogP contribution in [0.15, 0.2) is 24.3 Å². The maximum Gasteiger partial charge on any atom is 0.387 e. The molecule has 0 aromatic heterocycles. The normalized spacial score (nSPS) is 21.3. The zero-order valence-corrected chi connectivity index (χ0v) is 11.1. The van der Waals surface area contributed by atoms with E-state index in [2.05, 4.69) is 10.1 Å². The van der Waals surface area contributed by atoms with Crippen molar-refractivity contribution in [1.29, 1.82) is 0 Å². The van der Waals surface area contributed by atoms with E-state index in [-0.39, 0.29) is 11.7 Å². The topological polar surface area (TPSA) is 75.6 Å². The van der Waals surface area contributed by atoms with Gasteiger partial charge in [-0.2, -0.15) is 8.78 Å². The van der Waals surface area contributed by atoms with Gasteiger partial charge >= 0.3 is 12.6 Å². The maximum atomic E-state index is 12.1. The Morgan fingerprint density at radius 2 is 1.81 bits per heavy atom. The summed E-state index contributed by atoms with van der Waals surface area (Å²) >= 11 is 0. The molecule has 2 N–H and O–H groups in total. The number of nitrogens with one attached hydrogen (secondary N) is 1. The highest BCUT2D eigenvalue weighted by Gasteiger charge is 2.37. The lowest BCUT2D eigenvalue weighted by molar-refractivity contribution is -0.145. The summed E-state index contributed by atoms with van der Waals surface area (Å²) in [5.74, 6) is -2.55. The summed E-state index contributed by atoms with van der Waals surface area (Å²) < 4.78 is 28.2. The van der Waals surface area contributed by atoms with Crippen LogP contribution in [0, 0.1) is 11.8 Å². The fraction of sp³-hybridized carbons (Fsp3) is 0.429. The summed E-state index contributed by atoms with van der Waals surface area (Å²) in [6, 6.07) is 5.48. The second-order valence-corrected chi connectivity index (χ2v) is 4.87. The summed E-state index contributed by atoms with van der Waals surface area (Å²) in [5, 5.41) is 11.7. The molecule has 1 aliphatic rings. The minimum absolute atomic E-state index is 0.00715. The second kappa shape index (κ2) is 6.51. The third-order valence-corrected chi connectivity index (χ3v) is 3.52. The number of carboxylic acid groups (broad SMARTS) is 1. The van der Waals surface area contributed by atoms with E-state index in [0.717, 1.165) is 0 Å². The van der Waals surface area contributed by atoms with Gasteiger partial charge in [-0.3, -0.25) is 9.59 Å². The highest BCUT2D eigenvalue weighted by Crippen LogP contribution is 2.33. The maximum absolute atomic E-state index is 12.1. The smallest absolute Gasteiger partial charge is 0.387 e. The molecular formula is C14H15F2NO4. The molecule has 0 spiro atoms. The van der Waals surface area contributed by atoms with E-state index in [1.54, 1.807) is 0 Å². The summed E-state index contributed by atoms with van der Waals surface area (Å²) in [6.07, 6.45) is 1.74. The number of ether oxygens (including phenoxy) is 1.